The molecule has 14 heavy (non-hydrogen) atoms. The average molecular weight is 212 g/mol. The van der Waals surface area contributed by atoms with Crippen LogP contribution in [0.25, 0.3) is 0 Å². The molecule has 0 aliphatic rings. The Kier molecular flexibility index (Phi) is 4.63. The Morgan fingerprint density at radius 1 is 1.29 bits per heavy atom. The molecule has 2 N–H and O–H groups in total. The molecule has 0 fully saturated rings. The van der Waals surface area contributed by atoms with E-state index in [4.69, 9.17) is 17.3 Å². The van der Waals surface area contributed by atoms with Crippen molar-refractivity contribution in [2.75, 3.05) is 6.54 Å². The van der Waals surface area contributed by atoms with E-state index < -0.39 is 0 Å². The molecule has 0 heterocycles. The lowest BCUT2D eigenvalue weighted by atomic mass is 10.1. The van der Waals surface area contributed by atoms with Gasteiger partial charge in [-0.05, 0) is 24.6 Å². The summed E-state index contributed by atoms with van der Waals surface area (Å²) < 4.78 is 0. The standard InChI is InChI=1S/C11H14ClNO/c12-11-4-2-1-3-9(11)5-6-10(14)7-8-13/h1-4H,5-8,13H2. The van der Waals surface area contributed by atoms with Crippen molar-refractivity contribution in [3.05, 3.63) is 34.9 Å². The topological polar surface area (TPSA) is 43.1 Å². The van der Waals surface area contributed by atoms with Crippen molar-refractivity contribution in [3.63, 3.8) is 0 Å². The third kappa shape index (κ3) is 3.48. The molecule has 1 aromatic rings. The number of aryl methyl sites for hydroxylation is 1. The van der Waals surface area contributed by atoms with Crippen LogP contribution < -0.4 is 5.73 Å². The van der Waals surface area contributed by atoms with Gasteiger partial charge in [0.2, 0.25) is 0 Å². The van der Waals surface area contributed by atoms with Crippen molar-refractivity contribution < 1.29 is 4.79 Å². The molecular formula is C11H14ClNO. The van der Waals surface area contributed by atoms with Crippen LogP contribution in [0.15, 0.2) is 24.3 Å². The molecule has 0 bridgehead atoms. The Balaban J connectivity index is 2.46. The SMILES string of the molecule is NCCC(=O)CCc1ccccc1Cl. The van der Waals surface area contributed by atoms with Gasteiger partial charge in [0.25, 0.3) is 0 Å². The second-order valence-corrected chi connectivity index (χ2v) is 3.58. The Labute approximate surface area is 89.1 Å². The normalized spacial score (nSPS) is 10.1. The predicted molar refractivity (Wildman–Crippen MR) is 58.5 cm³/mol. The molecule has 0 saturated carbocycles. The number of nitrogens with two attached hydrogens (primary N) is 1. The Morgan fingerprint density at radius 2 is 2.00 bits per heavy atom. The Hall–Kier alpha value is -0.860. The fraction of sp³-hybridized carbons (Fsp3) is 0.364. The number of hydrogen-bond acceptors (Lipinski definition) is 2. The number of Topliss-reactive ketones (excluding diaryl/α,β-unsaturated/α-hetero) is 1. The lowest BCUT2D eigenvalue weighted by Gasteiger charge is -2.02. The van der Waals surface area contributed by atoms with Crippen molar-refractivity contribution in [1.82, 2.24) is 0 Å². The van der Waals surface area contributed by atoms with Crippen LogP contribution >= 0.6 is 11.6 Å². The van der Waals surface area contributed by atoms with Gasteiger partial charge in [-0.1, -0.05) is 29.8 Å². The highest BCUT2D eigenvalue weighted by Gasteiger charge is 2.03. The van der Waals surface area contributed by atoms with Crippen LogP contribution in [-0.4, -0.2) is 12.3 Å². The molecule has 1 rings (SSSR count). The molecule has 0 aliphatic heterocycles. The van der Waals surface area contributed by atoms with Crippen LogP contribution in [0.1, 0.15) is 18.4 Å². The highest BCUT2D eigenvalue weighted by atomic mass is 35.5. The molecule has 0 amide bonds. The van der Waals surface area contributed by atoms with Gasteiger partial charge in [-0.25, -0.2) is 0 Å². The zero-order chi connectivity index (χ0) is 10.4. The Bertz CT molecular complexity index is 312. The van der Waals surface area contributed by atoms with Gasteiger partial charge < -0.3 is 5.73 Å². The van der Waals surface area contributed by atoms with Gasteiger partial charge in [-0.3, -0.25) is 4.79 Å². The number of hydrogen-bond donors (Lipinski definition) is 1. The number of benzene rings is 1. The van der Waals surface area contributed by atoms with Gasteiger partial charge in [-0.15, -0.1) is 0 Å². The number of halogens is 1. The molecule has 3 heteroatoms. The fourth-order valence-corrected chi connectivity index (χ4v) is 1.49. The van der Waals surface area contributed by atoms with E-state index in [1.807, 2.05) is 24.3 Å². The number of rotatable bonds is 5. The second-order valence-electron chi connectivity index (χ2n) is 3.17. The zero-order valence-corrected chi connectivity index (χ0v) is 8.76. The van der Waals surface area contributed by atoms with Crippen molar-refractivity contribution in [2.24, 2.45) is 5.73 Å². The van der Waals surface area contributed by atoms with E-state index in [2.05, 4.69) is 0 Å². The van der Waals surface area contributed by atoms with Crippen LogP contribution in [-0.2, 0) is 11.2 Å². The summed E-state index contributed by atoms with van der Waals surface area (Å²) in [6.45, 7) is 0.432. The largest absolute Gasteiger partial charge is 0.330 e. The summed E-state index contributed by atoms with van der Waals surface area (Å²) in [7, 11) is 0. The second kappa shape index (κ2) is 5.78. The molecule has 0 aliphatic carbocycles. The van der Waals surface area contributed by atoms with Crippen molar-refractivity contribution in [1.29, 1.82) is 0 Å². The number of ketones is 1. The predicted octanol–water partition coefficient (Wildman–Crippen LogP) is 2.19. The third-order valence-electron chi connectivity index (χ3n) is 2.05. The fourth-order valence-electron chi connectivity index (χ4n) is 1.26. The Morgan fingerprint density at radius 3 is 2.64 bits per heavy atom. The van der Waals surface area contributed by atoms with E-state index in [9.17, 15) is 4.79 Å². The minimum atomic E-state index is 0.201. The van der Waals surface area contributed by atoms with E-state index in [0.717, 1.165) is 10.6 Å². The quantitative estimate of drug-likeness (QED) is 0.812. The molecule has 76 valence electrons. The van der Waals surface area contributed by atoms with Gasteiger partial charge in [0.15, 0.2) is 0 Å². The van der Waals surface area contributed by atoms with Crippen LogP contribution in [0.2, 0.25) is 5.02 Å². The van der Waals surface area contributed by atoms with Crippen LogP contribution in [0.5, 0.6) is 0 Å². The maximum absolute atomic E-state index is 11.2. The molecule has 0 atom stereocenters. The summed E-state index contributed by atoms with van der Waals surface area (Å²) in [4.78, 5) is 11.2. The summed E-state index contributed by atoms with van der Waals surface area (Å²) in [5.74, 6) is 0.201. The molecule has 0 saturated heterocycles. The summed E-state index contributed by atoms with van der Waals surface area (Å²) in [6.07, 6.45) is 1.70. The van der Waals surface area contributed by atoms with Gasteiger partial charge in [-0.2, -0.15) is 0 Å². The lowest BCUT2D eigenvalue weighted by Crippen LogP contribution is -2.08. The zero-order valence-electron chi connectivity index (χ0n) is 8.00. The minimum absolute atomic E-state index is 0.201. The highest BCUT2D eigenvalue weighted by molar-refractivity contribution is 6.31. The van der Waals surface area contributed by atoms with Gasteiger partial charge >= 0.3 is 0 Å². The third-order valence-corrected chi connectivity index (χ3v) is 2.42. The first kappa shape index (κ1) is 11.2. The first-order valence-corrected chi connectivity index (χ1v) is 5.07. The van der Waals surface area contributed by atoms with Crippen molar-refractivity contribution in [3.8, 4) is 0 Å². The van der Waals surface area contributed by atoms with E-state index in [-0.39, 0.29) is 5.78 Å². The number of carbonyl (C=O) groups excluding carboxylic acids is 1. The number of carbonyl (C=O) groups is 1. The van der Waals surface area contributed by atoms with Gasteiger partial charge in [0.05, 0.1) is 0 Å². The first-order chi connectivity index (χ1) is 6.74. The smallest absolute Gasteiger partial charge is 0.134 e. The average Bonchev–Trinajstić information content (AvgIpc) is 2.17. The minimum Gasteiger partial charge on any atom is -0.330 e. The van der Waals surface area contributed by atoms with Gasteiger partial charge in [0.1, 0.15) is 5.78 Å². The van der Waals surface area contributed by atoms with E-state index in [0.29, 0.717) is 25.8 Å². The maximum Gasteiger partial charge on any atom is 0.134 e. The van der Waals surface area contributed by atoms with Crippen molar-refractivity contribution in [2.45, 2.75) is 19.3 Å². The molecule has 1 aromatic carbocycles. The highest BCUT2D eigenvalue weighted by Crippen LogP contribution is 2.16. The molecule has 0 radical (unpaired) electrons. The molecular weight excluding hydrogens is 198 g/mol. The van der Waals surface area contributed by atoms with Crippen LogP contribution in [0.4, 0.5) is 0 Å². The molecule has 0 unspecified atom stereocenters. The van der Waals surface area contributed by atoms with E-state index in [1.165, 1.54) is 0 Å². The van der Waals surface area contributed by atoms with Gasteiger partial charge in [0, 0.05) is 17.9 Å². The molecule has 0 spiro atoms. The summed E-state index contributed by atoms with van der Waals surface area (Å²) in [5.41, 5.74) is 6.31. The summed E-state index contributed by atoms with van der Waals surface area (Å²) in [6, 6.07) is 7.59. The molecule has 0 aromatic heterocycles. The summed E-state index contributed by atoms with van der Waals surface area (Å²) >= 11 is 5.95. The van der Waals surface area contributed by atoms with E-state index in [1.54, 1.807) is 0 Å². The van der Waals surface area contributed by atoms with Crippen molar-refractivity contribution >= 4 is 17.4 Å². The van der Waals surface area contributed by atoms with Crippen LogP contribution in [0, 0.1) is 0 Å². The van der Waals surface area contributed by atoms with Crippen LogP contribution in [0.3, 0.4) is 0 Å². The first-order valence-electron chi connectivity index (χ1n) is 4.69. The van der Waals surface area contributed by atoms with E-state index >= 15 is 0 Å². The lowest BCUT2D eigenvalue weighted by molar-refractivity contribution is -0.118. The summed E-state index contributed by atoms with van der Waals surface area (Å²) in [5, 5.41) is 0.730. The molecule has 2 nitrogen and oxygen atoms in total. The maximum atomic E-state index is 11.2. The monoisotopic (exact) mass is 211 g/mol.